The van der Waals surface area contributed by atoms with Crippen LogP contribution in [0.2, 0.25) is 0 Å². The van der Waals surface area contributed by atoms with Gasteiger partial charge in [-0.05, 0) is 43.4 Å². The molecule has 0 aromatic heterocycles. The fourth-order valence-corrected chi connectivity index (χ4v) is 3.07. The maximum Gasteiger partial charge on any atom is 0.303 e. The lowest BCUT2D eigenvalue weighted by atomic mass is 10.0. The Labute approximate surface area is 163 Å². The van der Waals surface area contributed by atoms with Crippen molar-refractivity contribution in [2.24, 2.45) is 0 Å². The highest BCUT2D eigenvalue weighted by atomic mass is 16.5. The highest BCUT2D eigenvalue weighted by molar-refractivity contribution is 5.93. The first-order chi connectivity index (χ1) is 13.0. The van der Waals surface area contributed by atoms with Gasteiger partial charge in [0.05, 0.1) is 0 Å². The highest BCUT2D eigenvalue weighted by Crippen LogP contribution is 2.13. The maximum absolute atomic E-state index is 12.2. The number of aliphatic carboxylic acids is 1. The summed E-state index contributed by atoms with van der Waals surface area (Å²) < 4.78 is 0. The Morgan fingerprint density at radius 3 is 2.04 bits per heavy atom. The summed E-state index contributed by atoms with van der Waals surface area (Å²) >= 11 is 0. The normalized spacial score (nSPS) is 10.7. The number of benzene rings is 1. The van der Waals surface area contributed by atoms with E-state index in [1.54, 1.807) is 12.1 Å². The number of carbonyl (C=O) groups excluding carboxylic acids is 1. The Morgan fingerprint density at radius 2 is 1.44 bits per heavy atom. The Balaban J connectivity index is 2.23. The maximum atomic E-state index is 12.2. The summed E-state index contributed by atoms with van der Waals surface area (Å²) in [5, 5.41) is 19.1. The quantitative estimate of drug-likeness (QED) is 0.242. The zero-order chi connectivity index (χ0) is 19.9. The minimum Gasteiger partial charge on any atom is -0.481 e. The lowest BCUT2D eigenvalue weighted by Crippen LogP contribution is -2.28. The highest BCUT2D eigenvalue weighted by Gasteiger charge is 2.13. The molecule has 1 amide bonds. The molecule has 1 aromatic rings. The number of aryl methyl sites for hydroxylation is 1. The molecule has 27 heavy (non-hydrogen) atoms. The first-order valence-corrected chi connectivity index (χ1v) is 10.4. The molecule has 0 saturated heterocycles. The van der Waals surface area contributed by atoms with Gasteiger partial charge in [0.15, 0.2) is 0 Å². The van der Waals surface area contributed by atoms with Crippen LogP contribution in [0.15, 0.2) is 24.3 Å². The molecule has 5 heteroatoms. The SMILES string of the molecule is CCCCCCCCCCc1ccc(C(=O)N(O)CCCCC(=O)O)cc1. The van der Waals surface area contributed by atoms with Crippen LogP contribution in [0.1, 0.15) is 93.5 Å². The summed E-state index contributed by atoms with van der Waals surface area (Å²) in [6.07, 6.45) is 12.3. The lowest BCUT2D eigenvalue weighted by Gasteiger charge is -2.15. The standard InChI is InChI=1S/C22H35NO4/c1-2-3-4-5-6-7-8-9-12-19-14-16-20(17-15-19)22(26)23(27)18-11-10-13-21(24)25/h14-17,27H,2-13,18H2,1H3,(H,24,25). The molecular weight excluding hydrogens is 342 g/mol. The summed E-state index contributed by atoms with van der Waals surface area (Å²) in [5.74, 6) is -1.30. The van der Waals surface area contributed by atoms with Crippen molar-refractivity contribution in [1.82, 2.24) is 5.06 Å². The van der Waals surface area contributed by atoms with E-state index in [1.807, 2.05) is 12.1 Å². The van der Waals surface area contributed by atoms with Crippen molar-refractivity contribution in [3.05, 3.63) is 35.4 Å². The first-order valence-electron chi connectivity index (χ1n) is 10.4. The van der Waals surface area contributed by atoms with E-state index < -0.39 is 11.9 Å². The summed E-state index contributed by atoms with van der Waals surface area (Å²) in [4.78, 5) is 22.6. The van der Waals surface area contributed by atoms with Gasteiger partial charge in [0, 0.05) is 18.5 Å². The van der Waals surface area contributed by atoms with Crippen LogP contribution in [-0.2, 0) is 11.2 Å². The van der Waals surface area contributed by atoms with E-state index in [4.69, 9.17) is 5.11 Å². The van der Waals surface area contributed by atoms with Gasteiger partial charge < -0.3 is 5.11 Å². The number of carboxylic acids is 1. The third-order valence-corrected chi connectivity index (χ3v) is 4.76. The average molecular weight is 378 g/mol. The number of carboxylic acid groups (broad SMARTS) is 1. The van der Waals surface area contributed by atoms with E-state index in [0.29, 0.717) is 23.5 Å². The zero-order valence-corrected chi connectivity index (χ0v) is 16.7. The molecule has 0 saturated carbocycles. The molecule has 1 rings (SSSR count). The van der Waals surface area contributed by atoms with Gasteiger partial charge in [0.2, 0.25) is 0 Å². The Morgan fingerprint density at radius 1 is 0.852 bits per heavy atom. The van der Waals surface area contributed by atoms with Gasteiger partial charge in [0.25, 0.3) is 5.91 Å². The van der Waals surface area contributed by atoms with Crippen molar-refractivity contribution in [3.8, 4) is 0 Å². The Kier molecular flexibility index (Phi) is 12.2. The van der Waals surface area contributed by atoms with Gasteiger partial charge in [-0.25, -0.2) is 5.06 Å². The molecule has 0 heterocycles. The number of carbonyl (C=O) groups is 2. The van der Waals surface area contributed by atoms with E-state index >= 15 is 0 Å². The Hall–Kier alpha value is -1.88. The minimum absolute atomic E-state index is 0.0511. The van der Waals surface area contributed by atoms with Gasteiger partial charge in [-0.3, -0.25) is 14.8 Å². The van der Waals surface area contributed by atoms with Crippen molar-refractivity contribution in [2.45, 2.75) is 84.0 Å². The molecule has 152 valence electrons. The summed E-state index contributed by atoms with van der Waals surface area (Å²) in [7, 11) is 0. The monoisotopic (exact) mass is 377 g/mol. The van der Waals surface area contributed by atoms with Gasteiger partial charge in [-0.15, -0.1) is 0 Å². The molecule has 0 aliphatic heterocycles. The van der Waals surface area contributed by atoms with Crippen LogP contribution in [0, 0.1) is 0 Å². The number of hydroxylamine groups is 2. The van der Waals surface area contributed by atoms with Crippen LogP contribution < -0.4 is 0 Å². The van der Waals surface area contributed by atoms with Crippen LogP contribution in [0.25, 0.3) is 0 Å². The molecule has 0 fully saturated rings. The molecule has 0 spiro atoms. The minimum atomic E-state index is -0.863. The molecule has 0 radical (unpaired) electrons. The third kappa shape index (κ3) is 10.8. The van der Waals surface area contributed by atoms with Crippen LogP contribution in [0.4, 0.5) is 0 Å². The van der Waals surface area contributed by atoms with Crippen molar-refractivity contribution in [1.29, 1.82) is 0 Å². The first kappa shape index (κ1) is 23.2. The second-order valence-corrected chi connectivity index (χ2v) is 7.20. The molecule has 0 unspecified atom stereocenters. The van der Waals surface area contributed by atoms with E-state index in [9.17, 15) is 14.8 Å². The zero-order valence-electron chi connectivity index (χ0n) is 16.7. The number of hydrogen-bond acceptors (Lipinski definition) is 3. The van der Waals surface area contributed by atoms with Crippen molar-refractivity contribution < 1.29 is 19.9 Å². The van der Waals surface area contributed by atoms with E-state index in [-0.39, 0.29) is 13.0 Å². The molecule has 2 N–H and O–H groups in total. The Bertz CT molecular complexity index is 542. The van der Waals surface area contributed by atoms with Crippen LogP contribution in [0.5, 0.6) is 0 Å². The molecular formula is C22H35NO4. The second kappa shape index (κ2) is 14.2. The van der Waals surface area contributed by atoms with E-state index in [2.05, 4.69) is 6.92 Å². The molecule has 1 aromatic carbocycles. The van der Waals surface area contributed by atoms with Crippen molar-refractivity contribution >= 4 is 11.9 Å². The molecule has 5 nitrogen and oxygen atoms in total. The lowest BCUT2D eigenvalue weighted by molar-refractivity contribution is -0.137. The predicted octanol–water partition coefficient (Wildman–Crippen LogP) is 5.46. The predicted molar refractivity (Wildman–Crippen MR) is 107 cm³/mol. The van der Waals surface area contributed by atoms with Gasteiger partial charge >= 0.3 is 5.97 Å². The van der Waals surface area contributed by atoms with Crippen LogP contribution in [0.3, 0.4) is 0 Å². The van der Waals surface area contributed by atoms with Crippen LogP contribution >= 0.6 is 0 Å². The number of unbranched alkanes of at least 4 members (excludes halogenated alkanes) is 8. The largest absolute Gasteiger partial charge is 0.481 e. The third-order valence-electron chi connectivity index (χ3n) is 4.76. The van der Waals surface area contributed by atoms with Crippen molar-refractivity contribution in [3.63, 3.8) is 0 Å². The topological polar surface area (TPSA) is 77.8 Å². The summed E-state index contributed by atoms with van der Waals surface area (Å²) in [6.45, 7) is 2.38. The fraction of sp³-hybridized carbons (Fsp3) is 0.636. The number of rotatable bonds is 15. The molecule has 0 aliphatic rings. The summed E-state index contributed by atoms with van der Waals surface area (Å²) in [5.41, 5.74) is 1.67. The molecule has 0 aliphatic carbocycles. The van der Waals surface area contributed by atoms with E-state index in [0.717, 1.165) is 12.8 Å². The van der Waals surface area contributed by atoms with Crippen molar-refractivity contribution in [2.75, 3.05) is 6.54 Å². The fourth-order valence-electron chi connectivity index (χ4n) is 3.07. The number of amides is 1. The number of nitrogens with zero attached hydrogens (tertiary/aromatic N) is 1. The second-order valence-electron chi connectivity index (χ2n) is 7.20. The average Bonchev–Trinajstić information content (AvgIpc) is 2.67. The van der Waals surface area contributed by atoms with Gasteiger partial charge in [0.1, 0.15) is 0 Å². The smallest absolute Gasteiger partial charge is 0.303 e. The van der Waals surface area contributed by atoms with E-state index in [1.165, 1.54) is 50.5 Å². The number of hydrogen-bond donors (Lipinski definition) is 2. The molecule has 0 bridgehead atoms. The summed E-state index contributed by atoms with van der Waals surface area (Å²) in [6, 6.07) is 7.41. The molecule has 0 atom stereocenters. The van der Waals surface area contributed by atoms with Crippen LogP contribution in [-0.4, -0.2) is 33.8 Å². The van der Waals surface area contributed by atoms with Gasteiger partial charge in [-0.1, -0.05) is 64.0 Å². The van der Waals surface area contributed by atoms with Gasteiger partial charge in [-0.2, -0.15) is 0 Å².